The molecule has 0 heterocycles. The van der Waals surface area contributed by atoms with Crippen molar-refractivity contribution in [3.63, 3.8) is 0 Å². The quantitative estimate of drug-likeness (QED) is 0.839. The van der Waals surface area contributed by atoms with Gasteiger partial charge in [-0.1, -0.05) is 30.3 Å². The third kappa shape index (κ3) is 3.85. The molecule has 2 N–H and O–H groups in total. The van der Waals surface area contributed by atoms with Crippen molar-refractivity contribution in [2.75, 3.05) is 7.11 Å². The maximum absolute atomic E-state index is 13.7. The first-order valence-electron chi connectivity index (χ1n) is 6.49. The first-order chi connectivity index (χ1) is 10.8. The molecule has 2 aromatic rings. The molecule has 23 heavy (non-hydrogen) atoms. The molecular formula is C15H14FNO5S. The lowest BCUT2D eigenvalue weighted by molar-refractivity contribution is -0.139. The number of carbonyl (C=O) groups is 1. The van der Waals surface area contributed by atoms with Crippen LogP contribution in [0.5, 0.6) is 5.75 Å². The van der Waals surface area contributed by atoms with Crippen LogP contribution < -0.4 is 9.46 Å². The number of carboxylic acids is 1. The standard InChI is InChI=1S/C15H14FNO5S/c1-22-13-8-7-11(9-12(13)16)23(20,21)17-14(15(18)19)10-5-3-2-4-6-10/h2-9,14,17H,1H3,(H,18,19)/t14-/m1/s1. The molecule has 2 aromatic carbocycles. The van der Waals surface area contributed by atoms with E-state index in [1.54, 1.807) is 18.2 Å². The largest absolute Gasteiger partial charge is 0.494 e. The lowest BCUT2D eigenvalue weighted by Crippen LogP contribution is -2.33. The fourth-order valence-corrected chi connectivity index (χ4v) is 3.13. The number of hydrogen-bond acceptors (Lipinski definition) is 4. The van der Waals surface area contributed by atoms with Crippen LogP contribution in [0.1, 0.15) is 11.6 Å². The van der Waals surface area contributed by atoms with Gasteiger partial charge in [0.2, 0.25) is 10.0 Å². The molecule has 8 heteroatoms. The number of carboxylic acid groups (broad SMARTS) is 1. The number of halogens is 1. The number of nitrogens with one attached hydrogen (secondary N) is 1. The Kier molecular flexibility index (Phi) is 4.97. The first kappa shape index (κ1) is 16.9. The number of hydrogen-bond donors (Lipinski definition) is 2. The van der Waals surface area contributed by atoms with E-state index in [-0.39, 0.29) is 11.3 Å². The van der Waals surface area contributed by atoms with Gasteiger partial charge in [-0.2, -0.15) is 4.72 Å². The van der Waals surface area contributed by atoms with Gasteiger partial charge in [0.05, 0.1) is 12.0 Å². The van der Waals surface area contributed by atoms with Crippen molar-refractivity contribution in [2.24, 2.45) is 0 Å². The smallest absolute Gasteiger partial charge is 0.326 e. The second kappa shape index (κ2) is 6.76. The highest BCUT2D eigenvalue weighted by Crippen LogP contribution is 2.22. The number of sulfonamides is 1. The number of methoxy groups -OCH3 is 1. The van der Waals surface area contributed by atoms with Gasteiger partial charge in [-0.3, -0.25) is 4.79 Å². The van der Waals surface area contributed by atoms with E-state index in [1.807, 2.05) is 0 Å². The Morgan fingerprint density at radius 2 is 1.87 bits per heavy atom. The number of ether oxygens (including phenoxy) is 1. The van der Waals surface area contributed by atoms with Crippen molar-refractivity contribution in [3.8, 4) is 5.75 Å². The highest BCUT2D eigenvalue weighted by molar-refractivity contribution is 7.89. The molecule has 0 amide bonds. The van der Waals surface area contributed by atoms with Gasteiger partial charge in [-0.05, 0) is 23.8 Å². The normalized spacial score (nSPS) is 12.6. The monoisotopic (exact) mass is 339 g/mol. The van der Waals surface area contributed by atoms with Crippen LogP contribution in [-0.2, 0) is 14.8 Å². The van der Waals surface area contributed by atoms with Crippen molar-refractivity contribution < 1.29 is 27.4 Å². The summed E-state index contributed by atoms with van der Waals surface area (Å²) < 4.78 is 45.0. The zero-order valence-electron chi connectivity index (χ0n) is 12.1. The number of aliphatic carboxylic acids is 1. The van der Waals surface area contributed by atoms with Crippen molar-refractivity contribution in [2.45, 2.75) is 10.9 Å². The molecule has 0 fully saturated rings. The summed E-state index contributed by atoms with van der Waals surface area (Å²) >= 11 is 0. The van der Waals surface area contributed by atoms with Crippen LogP contribution in [0.4, 0.5) is 4.39 Å². The van der Waals surface area contributed by atoms with E-state index in [2.05, 4.69) is 4.72 Å². The Morgan fingerprint density at radius 1 is 1.22 bits per heavy atom. The fraction of sp³-hybridized carbons (Fsp3) is 0.133. The molecule has 2 rings (SSSR count). The molecule has 0 bridgehead atoms. The Hall–Kier alpha value is -2.45. The second-order valence-corrected chi connectivity index (χ2v) is 6.31. The van der Waals surface area contributed by atoms with Crippen molar-refractivity contribution in [1.29, 1.82) is 0 Å². The molecule has 0 saturated carbocycles. The van der Waals surface area contributed by atoms with Gasteiger partial charge in [0, 0.05) is 0 Å². The van der Waals surface area contributed by atoms with Crippen LogP contribution >= 0.6 is 0 Å². The summed E-state index contributed by atoms with van der Waals surface area (Å²) in [7, 11) is -2.98. The average molecular weight is 339 g/mol. The minimum Gasteiger partial charge on any atom is -0.494 e. The molecule has 0 aromatic heterocycles. The van der Waals surface area contributed by atoms with Crippen LogP contribution in [-0.4, -0.2) is 26.6 Å². The predicted octanol–water partition coefficient (Wildman–Crippen LogP) is 1.94. The van der Waals surface area contributed by atoms with E-state index in [1.165, 1.54) is 19.2 Å². The zero-order valence-corrected chi connectivity index (χ0v) is 12.9. The third-order valence-corrected chi connectivity index (χ3v) is 4.51. The molecular weight excluding hydrogens is 325 g/mol. The van der Waals surface area contributed by atoms with Crippen molar-refractivity contribution in [3.05, 3.63) is 59.9 Å². The SMILES string of the molecule is COc1ccc(S(=O)(=O)N[C@@H](C(=O)O)c2ccccc2)cc1F. The number of rotatable bonds is 6. The highest BCUT2D eigenvalue weighted by Gasteiger charge is 2.27. The summed E-state index contributed by atoms with van der Waals surface area (Å²) in [6, 6.07) is 9.40. The van der Waals surface area contributed by atoms with Gasteiger partial charge in [-0.15, -0.1) is 0 Å². The van der Waals surface area contributed by atoms with Gasteiger partial charge in [0.15, 0.2) is 11.6 Å². The Morgan fingerprint density at radius 3 is 2.39 bits per heavy atom. The summed E-state index contributed by atoms with van der Waals surface area (Å²) in [5, 5.41) is 9.25. The van der Waals surface area contributed by atoms with E-state index in [4.69, 9.17) is 4.74 Å². The topological polar surface area (TPSA) is 92.7 Å². The van der Waals surface area contributed by atoms with Crippen LogP contribution in [0.25, 0.3) is 0 Å². The summed E-state index contributed by atoms with van der Waals surface area (Å²) in [5.74, 6) is -2.34. The van der Waals surface area contributed by atoms with Crippen LogP contribution in [0, 0.1) is 5.82 Å². The number of benzene rings is 2. The summed E-state index contributed by atoms with van der Waals surface area (Å²) in [4.78, 5) is 11.0. The second-order valence-electron chi connectivity index (χ2n) is 4.60. The van der Waals surface area contributed by atoms with E-state index in [9.17, 15) is 22.7 Å². The molecule has 6 nitrogen and oxygen atoms in total. The molecule has 0 spiro atoms. The lowest BCUT2D eigenvalue weighted by atomic mass is 10.1. The van der Waals surface area contributed by atoms with Gasteiger partial charge in [-0.25, -0.2) is 12.8 Å². The Labute approximate surface area is 132 Å². The molecule has 0 aliphatic heterocycles. The molecule has 122 valence electrons. The van der Waals surface area contributed by atoms with Gasteiger partial charge in [0.1, 0.15) is 6.04 Å². The molecule has 0 aliphatic rings. The zero-order chi connectivity index (χ0) is 17.0. The molecule has 1 atom stereocenters. The van der Waals surface area contributed by atoms with Gasteiger partial charge >= 0.3 is 5.97 Å². The predicted molar refractivity (Wildman–Crippen MR) is 80.1 cm³/mol. The average Bonchev–Trinajstić information content (AvgIpc) is 2.53. The van der Waals surface area contributed by atoms with Gasteiger partial charge in [0.25, 0.3) is 0 Å². The molecule has 0 aliphatic carbocycles. The van der Waals surface area contributed by atoms with E-state index >= 15 is 0 Å². The first-order valence-corrected chi connectivity index (χ1v) is 7.97. The van der Waals surface area contributed by atoms with E-state index < -0.39 is 32.7 Å². The van der Waals surface area contributed by atoms with E-state index in [0.29, 0.717) is 0 Å². The maximum Gasteiger partial charge on any atom is 0.326 e. The molecule has 0 saturated heterocycles. The molecule has 0 unspecified atom stereocenters. The minimum absolute atomic E-state index is 0.109. The van der Waals surface area contributed by atoms with Crippen LogP contribution in [0.2, 0.25) is 0 Å². The third-order valence-electron chi connectivity index (χ3n) is 3.09. The highest BCUT2D eigenvalue weighted by atomic mass is 32.2. The maximum atomic E-state index is 13.7. The summed E-state index contributed by atoms with van der Waals surface area (Å²) in [5.41, 5.74) is 0.262. The van der Waals surface area contributed by atoms with Crippen LogP contribution in [0.15, 0.2) is 53.4 Å². The summed E-state index contributed by atoms with van der Waals surface area (Å²) in [6.45, 7) is 0. The summed E-state index contributed by atoms with van der Waals surface area (Å²) in [6.07, 6.45) is 0. The fourth-order valence-electron chi connectivity index (χ4n) is 1.94. The molecule has 0 radical (unpaired) electrons. The lowest BCUT2D eigenvalue weighted by Gasteiger charge is -2.15. The minimum atomic E-state index is -4.23. The Balaban J connectivity index is 2.35. The van der Waals surface area contributed by atoms with Crippen molar-refractivity contribution in [1.82, 2.24) is 4.72 Å². The van der Waals surface area contributed by atoms with Crippen molar-refractivity contribution >= 4 is 16.0 Å². The van der Waals surface area contributed by atoms with Gasteiger partial charge < -0.3 is 9.84 Å². The van der Waals surface area contributed by atoms with Crippen LogP contribution in [0.3, 0.4) is 0 Å². The Bertz CT molecular complexity index is 808. The van der Waals surface area contributed by atoms with E-state index in [0.717, 1.165) is 18.2 Å².